The minimum atomic E-state index is 0.0363. The highest BCUT2D eigenvalue weighted by Gasteiger charge is 2.23. The van der Waals surface area contributed by atoms with E-state index >= 15 is 0 Å². The molecule has 1 heterocycles. The van der Waals surface area contributed by atoms with Gasteiger partial charge >= 0.3 is 0 Å². The van der Waals surface area contributed by atoms with Crippen LogP contribution in [-0.4, -0.2) is 35.7 Å². The van der Waals surface area contributed by atoms with Gasteiger partial charge in [-0.1, -0.05) is 54.1 Å². The molecule has 2 aromatic rings. The predicted molar refractivity (Wildman–Crippen MR) is 108 cm³/mol. The second-order valence-electron chi connectivity index (χ2n) is 7.06. The summed E-state index contributed by atoms with van der Waals surface area (Å²) in [4.78, 5) is 26.6. The highest BCUT2D eigenvalue weighted by molar-refractivity contribution is 6.30. The average Bonchev–Trinajstić information content (AvgIpc) is 3.11. The van der Waals surface area contributed by atoms with Gasteiger partial charge in [0.05, 0.1) is 0 Å². The summed E-state index contributed by atoms with van der Waals surface area (Å²) in [5.74, 6) is 0.132. The summed E-state index contributed by atoms with van der Waals surface area (Å²) in [5.41, 5.74) is 1.94. The van der Waals surface area contributed by atoms with Crippen LogP contribution in [0.2, 0.25) is 5.02 Å². The Labute approximate surface area is 165 Å². The van der Waals surface area contributed by atoms with Gasteiger partial charge in [0.2, 0.25) is 5.91 Å². The lowest BCUT2D eigenvalue weighted by Gasteiger charge is -2.17. The molecular formula is C22H25ClN2O2. The van der Waals surface area contributed by atoms with E-state index in [9.17, 15) is 9.59 Å². The molecule has 0 aliphatic carbocycles. The van der Waals surface area contributed by atoms with Crippen LogP contribution in [0.15, 0.2) is 54.6 Å². The monoisotopic (exact) mass is 384 g/mol. The molecule has 1 aliphatic rings. The smallest absolute Gasteiger partial charge is 0.220 e. The van der Waals surface area contributed by atoms with E-state index in [1.165, 1.54) is 5.56 Å². The number of halogens is 1. The summed E-state index contributed by atoms with van der Waals surface area (Å²) in [7, 11) is 0. The third-order valence-corrected chi connectivity index (χ3v) is 5.11. The SMILES string of the molecule is O=C(CCCC(=O)c1ccccc1)NC1CCN(Cc2ccc(Cl)cc2)C1. The number of likely N-dealkylation sites (tertiary alicyclic amines) is 1. The van der Waals surface area contributed by atoms with Crippen LogP contribution >= 0.6 is 11.6 Å². The van der Waals surface area contributed by atoms with Crippen molar-refractivity contribution in [3.8, 4) is 0 Å². The second-order valence-corrected chi connectivity index (χ2v) is 7.49. The van der Waals surface area contributed by atoms with Crippen LogP contribution in [0.4, 0.5) is 0 Å². The fourth-order valence-electron chi connectivity index (χ4n) is 3.42. The van der Waals surface area contributed by atoms with E-state index in [1.54, 1.807) is 0 Å². The molecule has 1 aliphatic heterocycles. The molecule has 2 aromatic carbocycles. The number of nitrogens with one attached hydrogen (secondary N) is 1. The Morgan fingerprint density at radius 3 is 2.52 bits per heavy atom. The van der Waals surface area contributed by atoms with Gasteiger partial charge in [-0.15, -0.1) is 0 Å². The minimum Gasteiger partial charge on any atom is -0.352 e. The first kappa shape index (κ1) is 19.6. The van der Waals surface area contributed by atoms with Crippen molar-refractivity contribution in [1.29, 1.82) is 0 Å². The Hall–Kier alpha value is -2.17. The van der Waals surface area contributed by atoms with Crippen molar-refractivity contribution < 1.29 is 9.59 Å². The molecule has 0 bridgehead atoms. The number of carbonyl (C=O) groups excluding carboxylic acids is 2. The molecule has 142 valence electrons. The summed E-state index contributed by atoms with van der Waals surface area (Å²) >= 11 is 5.92. The van der Waals surface area contributed by atoms with Crippen LogP contribution in [0.3, 0.4) is 0 Å². The molecule has 0 radical (unpaired) electrons. The molecule has 1 saturated heterocycles. The standard InChI is InChI=1S/C22H25ClN2O2/c23-19-11-9-17(10-12-19)15-25-14-13-20(16-25)24-22(27)8-4-7-21(26)18-5-2-1-3-6-18/h1-3,5-6,9-12,20H,4,7-8,13-16H2,(H,24,27). The van der Waals surface area contributed by atoms with Crippen LogP contribution in [0.25, 0.3) is 0 Å². The van der Waals surface area contributed by atoms with Gasteiger partial charge in [0.25, 0.3) is 0 Å². The third-order valence-electron chi connectivity index (χ3n) is 4.86. The summed E-state index contributed by atoms with van der Waals surface area (Å²) < 4.78 is 0. The largest absolute Gasteiger partial charge is 0.352 e. The number of carbonyl (C=O) groups is 2. The fourth-order valence-corrected chi connectivity index (χ4v) is 3.55. The first-order valence-corrected chi connectivity index (χ1v) is 9.82. The van der Waals surface area contributed by atoms with Gasteiger partial charge in [0, 0.05) is 49.1 Å². The molecule has 0 spiro atoms. The summed E-state index contributed by atoms with van der Waals surface area (Å²) in [6, 6.07) is 17.3. The van der Waals surface area contributed by atoms with E-state index in [0.29, 0.717) is 24.8 Å². The maximum atomic E-state index is 12.2. The number of hydrogen-bond acceptors (Lipinski definition) is 3. The molecule has 0 saturated carbocycles. The number of rotatable bonds is 8. The molecule has 1 unspecified atom stereocenters. The zero-order chi connectivity index (χ0) is 19.1. The molecule has 1 N–H and O–H groups in total. The number of hydrogen-bond donors (Lipinski definition) is 1. The van der Waals surface area contributed by atoms with E-state index < -0.39 is 0 Å². The molecular weight excluding hydrogens is 360 g/mol. The number of nitrogens with zero attached hydrogens (tertiary/aromatic N) is 1. The minimum absolute atomic E-state index is 0.0363. The van der Waals surface area contributed by atoms with Gasteiger partial charge in [-0.25, -0.2) is 0 Å². The molecule has 27 heavy (non-hydrogen) atoms. The lowest BCUT2D eigenvalue weighted by Crippen LogP contribution is -2.36. The first-order valence-electron chi connectivity index (χ1n) is 9.44. The topological polar surface area (TPSA) is 49.4 Å². The van der Waals surface area contributed by atoms with Crippen molar-refractivity contribution >= 4 is 23.3 Å². The predicted octanol–water partition coefficient (Wildman–Crippen LogP) is 4.08. The summed E-state index contributed by atoms with van der Waals surface area (Å²) in [6.45, 7) is 2.70. The van der Waals surface area contributed by atoms with Gasteiger partial charge in [-0.2, -0.15) is 0 Å². The average molecular weight is 385 g/mol. The van der Waals surface area contributed by atoms with Crippen LogP contribution in [0, 0.1) is 0 Å². The Morgan fingerprint density at radius 2 is 1.78 bits per heavy atom. The van der Waals surface area contributed by atoms with Crippen LogP contribution in [-0.2, 0) is 11.3 Å². The highest BCUT2D eigenvalue weighted by Crippen LogP contribution is 2.16. The molecule has 4 nitrogen and oxygen atoms in total. The van der Waals surface area contributed by atoms with Gasteiger partial charge in [-0.3, -0.25) is 14.5 Å². The molecule has 1 atom stereocenters. The van der Waals surface area contributed by atoms with E-state index in [4.69, 9.17) is 11.6 Å². The van der Waals surface area contributed by atoms with Crippen molar-refractivity contribution in [3.05, 3.63) is 70.7 Å². The number of Topliss-reactive ketones (excluding diaryl/α,β-unsaturated/α-hetero) is 1. The summed E-state index contributed by atoms with van der Waals surface area (Å²) in [5, 5.41) is 3.85. The second kappa shape index (κ2) is 9.67. The molecule has 3 rings (SSSR count). The maximum absolute atomic E-state index is 12.2. The van der Waals surface area contributed by atoms with Crippen LogP contribution < -0.4 is 5.32 Å². The van der Waals surface area contributed by atoms with Gasteiger partial charge in [-0.05, 0) is 30.5 Å². The molecule has 1 fully saturated rings. The maximum Gasteiger partial charge on any atom is 0.220 e. The zero-order valence-electron chi connectivity index (χ0n) is 15.4. The Morgan fingerprint density at radius 1 is 1.04 bits per heavy atom. The Kier molecular flexibility index (Phi) is 7.02. The first-order chi connectivity index (χ1) is 13.1. The summed E-state index contributed by atoms with van der Waals surface area (Å²) in [6.07, 6.45) is 2.35. The molecule has 5 heteroatoms. The van der Waals surface area contributed by atoms with Gasteiger partial charge in [0.15, 0.2) is 5.78 Å². The van der Waals surface area contributed by atoms with Crippen molar-refractivity contribution in [2.45, 2.75) is 38.3 Å². The quantitative estimate of drug-likeness (QED) is 0.697. The van der Waals surface area contributed by atoms with Crippen molar-refractivity contribution in [1.82, 2.24) is 10.2 Å². The molecule has 1 amide bonds. The fraction of sp³-hybridized carbons (Fsp3) is 0.364. The molecule has 0 aromatic heterocycles. The van der Waals surface area contributed by atoms with Crippen LogP contribution in [0.1, 0.15) is 41.6 Å². The lowest BCUT2D eigenvalue weighted by molar-refractivity contribution is -0.121. The van der Waals surface area contributed by atoms with Gasteiger partial charge < -0.3 is 5.32 Å². The van der Waals surface area contributed by atoms with Crippen molar-refractivity contribution in [3.63, 3.8) is 0 Å². The van der Waals surface area contributed by atoms with E-state index in [2.05, 4.69) is 10.2 Å². The van der Waals surface area contributed by atoms with Crippen molar-refractivity contribution in [2.75, 3.05) is 13.1 Å². The normalized spacial score (nSPS) is 17.0. The Balaban J connectivity index is 1.35. The number of amides is 1. The van der Waals surface area contributed by atoms with E-state index in [0.717, 1.165) is 31.1 Å². The van der Waals surface area contributed by atoms with Crippen LogP contribution in [0.5, 0.6) is 0 Å². The van der Waals surface area contributed by atoms with E-state index in [-0.39, 0.29) is 17.7 Å². The lowest BCUT2D eigenvalue weighted by atomic mass is 10.1. The van der Waals surface area contributed by atoms with Gasteiger partial charge in [0.1, 0.15) is 0 Å². The van der Waals surface area contributed by atoms with E-state index in [1.807, 2.05) is 54.6 Å². The number of benzene rings is 2. The van der Waals surface area contributed by atoms with Crippen molar-refractivity contribution in [2.24, 2.45) is 0 Å². The zero-order valence-corrected chi connectivity index (χ0v) is 16.1. The Bertz CT molecular complexity index is 762. The third kappa shape index (κ3) is 6.19. The highest BCUT2D eigenvalue weighted by atomic mass is 35.5. The number of ketones is 1.